The average Bonchev–Trinajstić information content (AvgIpc) is 2.13. The number of carbonyl (C=O) groups is 1. The number of rotatable bonds is 5. The van der Waals surface area contributed by atoms with Crippen LogP contribution in [0.3, 0.4) is 0 Å². The minimum atomic E-state index is -1.22. The van der Waals surface area contributed by atoms with Gasteiger partial charge in [0.1, 0.15) is 6.61 Å². The molecule has 0 aromatic heterocycles. The van der Waals surface area contributed by atoms with Crippen molar-refractivity contribution < 1.29 is 19.7 Å². The van der Waals surface area contributed by atoms with Gasteiger partial charge in [0, 0.05) is 6.42 Å². The number of ether oxygens (including phenoxy) is 1. The first kappa shape index (κ1) is 11.4. The van der Waals surface area contributed by atoms with Crippen LogP contribution in [0, 0.1) is 0 Å². The van der Waals surface area contributed by atoms with Crippen molar-refractivity contribution >= 4 is 5.97 Å². The fourth-order valence-electron chi connectivity index (χ4n) is 0.468. The minimum Gasteiger partial charge on any atom is -0.464 e. The summed E-state index contributed by atoms with van der Waals surface area (Å²) in [6.45, 7) is 0.659. The highest BCUT2D eigenvalue weighted by atomic mass is 16.5. The van der Waals surface area contributed by atoms with Gasteiger partial charge < -0.3 is 20.7 Å². The van der Waals surface area contributed by atoms with E-state index in [9.17, 15) is 4.79 Å². The number of carbonyl (C=O) groups excluding carboxylic acids is 1. The standard InChI is InChI=1S/C7H15NO4/c1-2-6(11)12-5-7(8,3-9)4-10/h9-10H,2-5,8H2,1H3. The van der Waals surface area contributed by atoms with Crippen molar-refractivity contribution in [3.63, 3.8) is 0 Å². The molecule has 0 amide bonds. The fourth-order valence-corrected chi connectivity index (χ4v) is 0.468. The zero-order chi connectivity index (χ0) is 9.61. The maximum absolute atomic E-state index is 10.6. The molecule has 0 aromatic carbocycles. The average molecular weight is 177 g/mol. The second kappa shape index (κ2) is 5.08. The van der Waals surface area contributed by atoms with Gasteiger partial charge in [0.25, 0.3) is 0 Å². The molecule has 0 saturated heterocycles. The normalized spacial score (nSPS) is 11.3. The molecule has 0 spiro atoms. The Kier molecular flexibility index (Phi) is 4.80. The third kappa shape index (κ3) is 3.66. The molecule has 0 saturated carbocycles. The summed E-state index contributed by atoms with van der Waals surface area (Å²) in [6.07, 6.45) is 0.257. The summed E-state index contributed by atoms with van der Waals surface area (Å²) in [5.41, 5.74) is 4.20. The number of hydrogen-bond donors (Lipinski definition) is 3. The summed E-state index contributed by atoms with van der Waals surface area (Å²) in [5, 5.41) is 17.4. The zero-order valence-electron chi connectivity index (χ0n) is 7.12. The Morgan fingerprint density at radius 3 is 2.33 bits per heavy atom. The number of esters is 1. The summed E-state index contributed by atoms with van der Waals surface area (Å²) < 4.78 is 4.65. The molecular weight excluding hydrogens is 162 g/mol. The first-order valence-corrected chi connectivity index (χ1v) is 3.74. The van der Waals surface area contributed by atoms with Crippen molar-refractivity contribution in [1.29, 1.82) is 0 Å². The van der Waals surface area contributed by atoms with Crippen molar-refractivity contribution in [3.8, 4) is 0 Å². The smallest absolute Gasteiger partial charge is 0.305 e. The van der Waals surface area contributed by atoms with E-state index in [0.717, 1.165) is 0 Å². The van der Waals surface area contributed by atoms with Crippen LogP contribution in [0.1, 0.15) is 13.3 Å². The van der Waals surface area contributed by atoms with Crippen molar-refractivity contribution in [1.82, 2.24) is 0 Å². The molecule has 0 heterocycles. The molecule has 0 aromatic rings. The Bertz CT molecular complexity index is 144. The monoisotopic (exact) mass is 177 g/mol. The van der Waals surface area contributed by atoms with Crippen LogP contribution < -0.4 is 5.73 Å². The molecule has 5 nitrogen and oxygen atoms in total. The summed E-state index contributed by atoms with van der Waals surface area (Å²) >= 11 is 0. The quantitative estimate of drug-likeness (QED) is 0.450. The van der Waals surface area contributed by atoms with E-state index in [1.807, 2.05) is 0 Å². The summed E-state index contributed by atoms with van der Waals surface area (Å²) in [6, 6.07) is 0. The molecule has 0 aliphatic heterocycles. The van der Waals surface area contributed by atoms with Crippen LogP contribution in [0.25, 0.3) is 0 Å². The molecule has 0 aliphatic carbocycles. The van der Waals surface area contributed by atoms with Gasteiger partial charge in [-0.1, -0.05) is 6.92 Å². The third-order valence-electron chi connectivity index (χ3n) is 1.44. The Morgan fingerprint density at radius 1 is 1.50 bits per heavy atom. The molecule has 72 valence electrons. The van der Waals surface area contributed by atoms with Crippen LogP contribution in [0.4, 0.5) is 0 Å². The first-order chi connectivity index (χ1) is 5.58. The molecular formula is C7H15NO4. The van der Waals surface area contributed by atoms with Crippen LogP contribution in [-0.4, -0.2) is 41.5 Å². The molecule has 0 aliphatic rings. The van der Waals surface area contributed by atoms with E-state index in [-0.39, 0.29) is 13.0 Å². The highest BCUT2D eigenvalue weighted by Gasteiger charge is 2.24. The van der Waals surface area contributed by atoms with Crippen LogP contribution in [0.2, 0.25) is 0 Å². The van der Waals surface area contributed by atoms with Crippen LogP contribution >= 0.6 is 0 Å². The second-order valence-electron chi connectivity index (χ2n) is 2.69. The molecule has 4 N–H and O–H groups in total. The van der Waals surface area contributed by atoms with E-state index >= 15 is 0 Å². The second-order valence-corrected chi connectivity index (χ2v) is 2.69. The molecule has 0 unspecified atom stereocenters. The van der Waals surface area contributed by atoms with Crippen molar-refractivity contribution in [2.75, 3.05) is 19.8 Å². The zero-order valence-corrected chi connectivity index (χ0v) is 7.12. The largest absolute Gasteiger partial charge is 0.464 e. The third-order valence-corrected chi connectivity index (χ3v) is 1.44. The van der Waals surface area contributed by atoms with Crippen molar-refractivity contribution in [2.24, 2.45) is 5.73 Å². The highest BCUT2D eigenvalue weighted by molar-refractivity contribution is 5.68. The van der Waals surface area contributed by atoms with Crippen LogP contribution in [0.5, 0.6) is 0 Å². The van der Waals surface area contributed by atoms with Crippen LogP contribution in [-0.2, 0) is 9.53 Å². The maximum atomic E-state index is 10.6. The Balaban J connectivity index is 3.80. The number of hydrogen-bond acceptors (Lipinski definition) is 5. The lowest BCUT2D eigenvalue weighted by molar-refractivity contribution is -0.146. The summed E-state index contributed by atoms with van der Waals surface area (Å²) in [5.74, 6) is -0.397. The van der Waals surface area contributed by atoms with Crippen LogP contribution in [0.15, 0.2) is 0 Å². The number of nitrogens with two attached hydrogens (primary N) is 1. The summed E-state index contributed by atoms with van der Waals surface area (Å²) in [7, 11) is 0. The SMILES string of the molecule is CCC(=O)OCC(N)(CO)CO. The number of aliphatic hydroxyl groups is 2. The molecule has 5 heteroatoms. The molecule has 0 bridgehead atoms. The predicted octanol–water partition coefficient (Wildman–Crippen LogP) is -1.38. The summed E-state index contributed by atoms with van der Waals surface area (Å²) in [4.78, 5) is 10.6. The van der Waals surface area contributed by atoms with E-state index in [1.165, 1.54) is 0 Å². The maximum Gasteiger partial charge on any atom is 0.305 e. The Morgan fingerprint density at radius 2 is 2.00 bits per heavy atom. The van der Waals surface area contributed by atoms with Crippen molar-refractivity contribution in [2.45, 2.75) is 18.9 Å². The van der Waals surface area contributed by atoms with Gasteiger partial charge in [-0.2, -0.15) is 0 Å². The topological polar surface area (TPSA) is 92.8 Å². The van der Waals surface area contributed by atoms with Gasteiger partial charge in [-0.25, -0.2) is 0 Å². The lowest BCUT2D eigenvalue weighted by atomic mass is 10.1. The van der Waals surface area contributed by atoms with Gasteiger partial charge in [-0.05, 0) is 0 Å². The van der Waals surface area contributed by atoms with Gasteiger partial charge in [-0.3, -0.25) is 4.79 Å². The van der Waals surface area contributed by atoms with E-state index in [2.05, 4.69) is 4.74 Å². The van der Waals surface area contributed by atoms with Gasteiger partial charge in [-0.15, -0.1) is 0 Å². The fraction of sp³-hybridized carbons (Fsp3) is 0.857. The Hall–Kier alpha value is -0.650. The van der Waals surface area contributed by atoms with Gasteiger partial charge in [0.15, 0.2) is 0 Å². The lowest BCUT2D eigenvalue weighted by Gasteiger charge is -2.23. The molecule has 0 fully saturated rings. The first-order valence-electron chi connectivity index (χ1n) is 3.74. The van der Waals surface area contributed by atoms with Gasteiger partial charge in [0.05, 0.1) is 18.8 Å². The predicted molar refractivity (Wildman–Crippen MR) is 42.3 cm³/mol. The molecule has 12 heavy (non-hydrogen) atoms. The van der Waals surface area contributed by atoms with E-state index in [1.54, 1.807) is 6.92 Å². The van der Waals surface area contributed by atoms with E-state index in [0.29, 0.717) is 0 Å². The van der Waals surface area contributed by atoms with E-state index in [4.69, 9.17) is 15.9 Å². The lowest BCUT2D eigenvalue weighted by Crippen LogP contribution is -2.51. The Labute approximate surface area is 71.1 Å². The highest BCUT2D eigenvalue weighted by Crippen LogP contribution is 1.99. The molecule has 0 radical (unpaired) electrons. The van der Waals surface area contributed by atoms with E-state index < -0.39 is 24.7 Å². The number of aliphatic hydroxyl groups excluding tert-OH is 2. The minimum absolute atomic E-state index is 0.160. The van der Waals surface area contributed by atoms with Gasteiger partial charge >= 0.3 is 5.97 Å². The van der Waals surface area contributed by atoms with Crippen molar-refractivity contribution in [3.05, 3.63) is 0 Å². The molecule has 0 atom stereocenters. The van der Waals surface area contributed by atoms with Gasteiger partial charge in [0.2, 0.25) is 0 Å². The molecule has 0 rings (SSSR count).